The summed E-state index contributed by atoms with van der Waals surface area (Å²) < 4.78 is 10.3. The van der Waals surface area contributed by atoms with Crippen LogP contribution in [-0.4, -0.2) is 91.0 Å². The van der Waals surface area contributed by atoms with Crippen LogP contribution in [0, 0.1) is 0 Å². The Morgan fingerprint density at radius 1 is 0.735 bits per heavy atom. The number of amides is 5. The topological polar surface area (TPSA) is 221 Å². The lowest BCUT2D eigenvalue weighted by molar-refractivity contribution is -0.150. The maximum absolute atomic E-state index is 12.9. The van der Waals surface area contributed by atoms with Crippen molar-refractivity contribution in [1.82, 2.24) is 26.6 Å². The first-order chi connectivity index (χ1) is 23.5. The fourth-order valence-corrected chi connectivity index (χ4v) is 5.04. The zero-order valence-electron chi connectivity index (χ0n) is 26.6. The molecule has 0 unspecified atom stereocenters. The van der Waals surface area contributed by atoms with Crippen LogP contribution in [0.25, 0.3) is 11.1 Å². The molecule has 1 aliphatic rings. The Morgan fingerprint density at radius 3 is 1.94 bits per heavy atom. The van der Waals surface area contributed by atoms with Gasteiger partial charge < -0.3 is 46.3 Å². The molecule has 0 spiro atoms. The number of phenols is 1. The number of carboxylic acid groups (broad SMARTS) is 1. The molecule has 7 N–H and O–H groups in total. The van der Waals surface area contributed by atoms with Crippen LogP contribution in [0.15, 0.2) is 72.8 Å². The zero-order valence-corrected chi connectivity index (χ0v) is 26.6. The third kappa shape index (κ3) is 10.5. The van der Waals surface area contributed by atoms with Gasteiger partial charge in [-0.1, -0.05) is 60.7 Å². The molecule has 15 nitrogen and oxygen atoms in total. The van der Waals surface area contributed by atoms with Crippen molar-refractivity contribution < 1.29 is 48.5 Å². The van der Waals surface area contributed by atoms with Crippen molar-refractivity contribution in [2.24, 2.45) is 0 Å². The predicted molar refractivity (Wildman–Crippen MR) is 174 cm³/mol. The summed E-state index contributed by atoms with van der Waals surface area (Å²) in [5.41, 5.74) is 4.81. The van der Waals surface area contributed by atoms with Gasteiger partial charge in [0.1, 0.15) is 31.7 Å². The third-order valence-electron chi connectivity index (χ3n) is 7.58. The van der Waals surface area contributed by atoms with Gasteiger partial charge in [-0.15, -0.1) is 0 Å². The smallest absolute Gasteiger partial charge is 0.407 e. The minimum atomic E-state index is -1.21. The molecule has 0 saturated heterocycles. The van der Waals surface area contributed by atoms with E-state index >= 15 is 0 Å². The molecule has 0 aromatic heterocycles. The Balaban J connectivity index is 1.22. The molecule has 3 aromatic rings. The second-order valence-corrected chi connectivity index (χ2v) is 11.1. The fraction of sp³-hybridized carbons (Fsp3) is 0.294. The van der Waals surface area contributed by atoms with Gasteiger partial charge in [-0.25, -0.2) is 9.59 Å². The number of carboxylic acids is 1. The Labute approximate surface area is 281 Å². The molecule has 258 valence electrons. The van der Waals surface area contributed by atoms with Gasteiger partial charge in [0.2, 0.25) is 23.6 Å². The van der Waals surface area contributed by atoms with Gasteiger partial charge >= 0.3 is 12.1 Å². The Kier molecular flexibility index (Phi) is 12.6. The van der Waals surface area contributed by atoms with Gasteiger partial charge in [0.05, 0.1) is 13.1 Å². The summed E-state index contributed by atoms with van der Waals surface area (Å²) in [6.45, 7) is -0.532. The van der Waals surface area contributed by atoms with E-state index in [1.807, 2.05) is 48.5 Å². The Bertz CT molecular complexity index is 1630. The van der Waals surface area contributed by atoms with Crippen LogP contribution in [0.3, 0.4) is 0 Å². The van der Waals surface area contributed by atoms with Crippen LogP contribution in [0.4, 0.5) is 4.79 Å². The van der Waals surface area contributed by atoms with E-state index in [-0.39, 0.29) is 24.7 Å². The molecule has 2 atom stereocenters. The van der Waals surface area contributed by atoms with Crippen LogP contribution in [0.5, 0.6) is 5.75 Å². The van der Waals surface area contributed by atoms with Gasteiger partial charge in [-0.05, 0) is 46.9 Å². The van der Waals surface area contributed by atoms with Crippen molar-refractivity contribution in [3.05, 3.63) is 89.5 Å². The number of fused-ring (bicyclic) bond motifs is 3. The van der Waals surface area contributed by atoms with Gasteiger partial charge in [-0.2, -0.15) is 0 Å². The first-order valence-corrected chi connectivity index (χ1v) is 15.3. The van der Waals surface area contributed by atoms with Gasteiger partial charge in [0.25, 0.3) is 0 Å². The maximum Gasteiger partial charge on any atom is 0.407 e. The first kappa shape index (κ1) is 35.9. The number of carbonyl (C=O) groups is 6. The Hall–Kier alpha value is -5.96. The summed E-state index contributed by atoms with van der Waals surface area (Å²) in [7, 11) is 0. The van der Waals surface area contributed by atoms with Crippen LogP contribution in [0.1, 0.15) is 29.5 Å². The molecule has 0 radical (unpaired) electrons. The van der Waals surface area contributed by atoms with E-state index in [2.05, 4.69) is 26.6 Å². The van der Waals surface area contributed by atoms with Gasteiger partial charge in [0.15, 0.2) is 6.10 Å². The highest BCUT2D eigenvalue weighted by molar-refractivity contribution is 5.92. The molecule has 4 rings (SSSR count). The lowest BCUT2D eigenvalue weighted by atomic mass is 9.98. The number of alkyl carbamates (subject to hydrolysis) is 1. The number of ether oxygens (including phenoxy) is 2. The van der Waals surface area contributed by atoms with Crippen LogP contribution in [-0.2, 0) is 39.9 Å². The Morgan fingerprint density at radius 2 is 1.31 bits per heavy atom. The zero-order chi connectivity index (χ0) is 35.3. The van der Waals surface area contributed by atoms with Crippen molar-refractivity contribution in [1.29, 1.82) is 0 Å². The molecule has 0 aliphatic heterocycles. The average Bonchev–Trinajstić information content (AvgIpc) is 3.41. The number of aliphatic carboxylic acids is 1. The highest BCUT2D eigenvalue weighted by atomic mass is 16.5. The number of phenolic OH excluding ortho intramolecular Hbond substituents is 1. The van der Waals surface area contributed by atoms with Crippen molar-refractivity contribution in [3.63, 3.8) is 0 Å². The largest absolute Gasteiger partial charge is 0.508 e. The number of benzene rings is 3. The predicted octanol–water partition coefficient (Wildman–Crippen LogP) is 0.754. The summed E-state index contributed by atoms with van der Waals surface area (Å²) >= 11 is 0. The quantitative estimate of drug-likeness (QED) is 0.106. The first-order valence-electron chi connectivity index (χ1n) is 15.3. The minimum Gasteiger partial charge on any atom is -0.508 e. The lowest BCUT2D eigenvalue weighted by Crippen LogP contribution is -2.52. The number of nitrogens with one attached hydrogen (secondary N) is 5. The molecule has 0 bridgehead atoms. The normalized spacial score (nSPS) is 12.8. The van der Waals surface area contributed by atoms with Crippen molar-refractivity contribution >= 4 is 35.7 Å². The molecule has 5 amide bonds. The van der Waals surface area contributed by atoms with E-state index < -0.39 is 74.2 Å². The van der Waals surface area contributed by atoms with Crippen LogP contribution in [0.2, 0.25) is 0 Å². The standard InChI is InChI=1S/C34H37N5O10/c1-20(33(45)46)49-19-38-30(42)15-36-32(44)28(14-21-10-12-22(40)13-11-21)39-31(43)17-35-29(41)16-37-34(47)48-18-27-25-8-4-2-6-23(25)24-7-3-5-9-26(24)27/h2-13,20,27-28,40H,14-19H2,1H3,(H,35,41)(H,36,44)(H,37,47)(H,38,42)(H,39,43)(H,45,46)/t20-,28+/m1/s1. The fourth-order valence-electron chi connectivity index (χ4n) is 5.04. The molecule has 15 heteroatoms. The van der Waals surface area contributed by atoms with Crippen molar-refractivity contribution in [2.75, 3.05) is 33.0 Å². The molecule has 0 fully saturated rings. The number of hydrogen-bond donors (Lipinski definition) is 7. The summed E-state index contributed by atoms with van der Waals surface area (Å²) in [4.78, 5) is 73.3. The van der Waals surface area contributed by atoms with Crippen LogP contribution >= 0.6 is 0 Å². The highest BCUT2D eigenvalue weighted by Gasteiger charge is 2.29. The summed E-state index contributed by atoms with van der Waals surface area (Å²) in [6.07, 6.45) is -1.97. The van der Waals surface area contributed by atoms with Gasteiger partial charge in [-0.3, -0.25) is 19.2 Å². The van der Waals surface area contributed by atoms with E-state index in [0.717, 1.165) is 22.3 Å². The summed E-state index contributed by atoms with van der Waals surface area (Å²) in [6, 6.07) is 20.5. The molecule has 3 aromatic carbocycles. The molecule has 0 saturated carbocycles. The van der Waals surface area contributed by atoms with E-state index in [9.17, 15) is 33.9 Å². The van der Waals surface area contributed by atoms with E-state index in [1.165, 1.54) is 19.1 Å². The van der Waals surface area contributed by atoms with E-state index in [4.69, 9.17) is 14.6 Å². The van der Waals surface area contributed by atoms with Gasteiger partial charge in [0, 0.05) is 12.3 Å². The van der Waals surface area contributed by atoms with E-state index in [0.29, 0.717) is 5.56 Å². The molecular weight excluding hydrogens is 638 g/mol. The number of carbonyl (C=O) groups excluding carboxylic acids is 5. The molecule has 0 heterocycles. The monoisotopic (exact) mass is 675 g/mol. The second kappa shape index (κ2) is 17.3. The second-order valence-electron chi connectivity index (χ2n) is 11.1. The lowest BCUT2D eigenvalue weighted by Gasteiger charge is -2.19. The number of rotatable bonds is 16. The SMILES string of the molecule is C[C@@H](OCNC(=O)CNC(=O)[C@H](Cc1ccc(O)cc1)NC(=O)CNC(=O)CNC(=O)OCC1c2ccccc2-c2ccccc21)C(=O)O. The average molecular weight is 676 g/mol. The molecular formula is C34H37N5O10. The summed E-state index contributed by atoms with van der Waals surface area (Å²) in [5.74, 6) is -4.17. The number of aromatic hydroxyl groups is 1. The molecule has 49 heavy (non-hydrogen) atoms. The van der Waals surface area contributed by atoms with Crippen LogP contribution < -0.4 is 26.6 Å². The summed E-state index contributed by atoms with van der Waals surface area (Å²) in [5, 5.41) is 30.3. The third-order valence-corrected chi connectivity index (χ3v) is 7.58. The van der Waals surface area contributed by atoms with Crippen molar-refractivity contribution in [2.45, 2.75) is 31.4 Å². The minimum absolute atomic E-state index is 0.000650. The highest BCUT2D eigenvalue weighted by Crippen LogP contribution is 2.44. The molecule has 1 aliphatic carbocycles. The maximum atomic E-state index is 12.9. The number of hydrogen-bond acceptors (Lipinski definition) is 9. The van der Waals surface area contributed by atoms with Crippen molar-refractivity contribution in [3.8, 4) is 16.9 Å². The van der Waals surface area contributed by atoms with E-state index in [1.54, 1.807) is 12.1 Å².